The fourth-order valence-corrected chi connectivity index (χ4v) is 2.67. The van der Waals surface area contributed by atoms with Gasteiger partial charge in [-0.2, -0.15) is 0 Å². The molecule has 2 aromatic rings. The molecule has 1 aromatic heterocycles. The molecule has 0 saturated carbocycles. The van der Waals surface area contributed by atoms with E-state index < -0.39 is 5.60 Å². The molecule has 1 amide bonds. The number of rotatable bonds is 5. The van der Waals surface area contributed by atoms with Crippen molar-refractivity contribution in [2.24, 2.45) is 0 Å². The van der Waals surface area contributed by atoms with Crippen molar-refractivity contribution in [1.82, 2.24) is 9.97 Å². The Kier molecular flexibility index (Phi) is 4.69. The van der Waals surface area contributed by atoms with Crippen LogP contribution < -0.4 is 10.2 Å². The first-order valence-electron chi connectivity index (χ1n) is 8.13. The minimum atomic E-state index is -0.895. The smallest absolute Gasteiger partial charge is 0.247 e. The zero-order valence-corrected chi connectivity index (χ0v) is 14.6. The molecular weight excluding hydrogens is 320 g/mol. The van der Waals surface area contributed by atoms with E-state index in [0.717, 1.165) is 11.1 Å². The number of benzene rings is 1. The van der Waals surface area contributed by atoms with Crippen LogP contribution in [-0.2, 0) is 15.1 Å². The van der Waals surface area contributed by atoms with E-state index in [1.807, 2.05) is 24.3 Å². The first-order valence-corrected chi connectivity index (χ1v) is 8.13. The van der Waals surface area contributed by atoms with Gasteiger partial charge >= 0.3 is 0 Å². The first kappa shape index (κ1) is 17.3. The summed E-state index contributed by atoms with van der Waals surface area (Å²) in [6.07, 6.45) is 1.68. The Hall–Kier alpha value is -2.51. The van der Waals surface area contributed by atoms with Crippen molar-refractivity contribution < 1.29 is 14.6 Å². The monoisotopic (exact) mass is 342 g/mol. The Balaban J connectivity index is 1.94. The number of anilines is 2. The molecule has 132 valence electrons. The summed E-state index contributed by atoms with van der Waals surface area (Å²) in [5.74, 6) is 1.04. The van der Waals surface area contributed by atoms with Gasteiger partial charge in [0, 0.05) is 12.7 Å². The predicted molar refractivity (Wildman–Crippen MR) is 95.4 cm³/mol. The molecule has 0 spiro atoms. The number of amides is 1. The molecule has 0 saturated heterocycles. The number of aliphatic hydroxyl groups is 1. The van der Waals surface area contributed by atoms with Crippen molar-refractivity contribution in [2.45, 2.75) is 19.4 Å². The van der Waals surface area contributed by atoms with E-state index in [-0.39, 0.29) is 12.5 Å². The van der Waals surface area contributed by atoms with E-state index in [4.69, 9.17) is 4.74 Å². The van der Waals surface area contributed by atoms with Crippen LogP contribution in [0, 0.1) is 0 Å². The molecule has 0 aliphatic carbocycles. The van der Waals surface area contributed by atoms with Crippen molar-refractivity contribution in [2.75, 3.05) is 37.0 Å². The highest BCUT2D eigenvalue weighted by atomic mass is 16.5. The number of methoxy groups -OCH3 is 1. The van der Waals surface area contributed by atoms with E-state index >= 15 is 0 Å². The molecule has 0 fully saturated rings. The van der Waals surface area contributed by atoms with Crippen molar-refractivity contribution in [1.29, 1.82) is 0 Å². The maximum absolute atomic E-state index is 12.2. The van der Waals surface area contributed by atoms with Crippen LogP contribution in [0.1, 0.15) is 19.4 Å². The molecule has 0 bridgehead atoms. The standard InChI is InChI=1S/C18H22N4O3/c1-18(2,24)13-6-4-12(5-7-13)14-10-19-16-17(21-14)22(8-9-25-3)15(23)11-20-16/h4-7,10,24H,8-9,11H2,1-3H3,(H,19,20). The lowest BCUT2D eigenvalue weighted by Crippen LogP contribution is -2.42. The Morgan fingerprint density at radius 2 is 2.04 bits per heavy atom. The number of aromatic nitrogens is 2. The minimum absolute atomic E-state index is 0.0617. The van der Waals surface area contributed by atoms with E-state index in [9.17, 15) is 9.90 Å². The summed E-state index contributed by atoms with van der Waals surface area (Å²) >= 11 is 0. The normalized spacial score (nSPS) is 14.2. The molecule has 0 unspecified atom stereocenters. The van der Waals surface area contributed by atoms with Crippen LogP contribution in [0.2, 0.25) is 0 Å². The topological polar surface area (TPSA) is 87.6 Å². The Bertz CT molecular complexity index is 769. The van der Waals surface area contributed by atoms with Crippen LogP contribution in [0.5, 0.6) is 0 Å². The Morgan fingerprint density at radius 1 is 1.32 bits per heavy atom. The molecule has 0 radical (unpaired) electrons. The van der Waals surface area contributed by atoms with Gasteiger partial charge in [0.2, 0.25) is 5.91 Å². The van der Waals surface area contributed by atoms with Gasteiger partial charge in [-0.15, -0.1) is 0 Å². The molecule has 7 heteroatoms. The van der Waals surface area contributed by atoms with Gasteiger partial charge in [0.25, 0.3) is 0 Å². The third-order valence-corrected chi connectivity index (χ3v) is 4.12. The summed E-state index contributed by atoms with van der Waals surface area (Å²) in [6, 6.07) is 7.51. The number of ether oxygens (including phenoxy) is 1. The second kappa shape index (κ2) is 6.78. The van der Waals surface area contributed by atoms with E-state index in [1.165, 1.54) is 0 Å². The van der Waals surface area contributed by atoms with Crippen LogP contribution in [0.3, 0.4) is 0 Å². The third kappa shape index (κ3) is 3.62. The second-order valence-corrected chi connectivity index (χ2v) is 6.46. The highest BCUT2D eigenvalue weighted by molar-refractivity contribution is 6.00. The molecule has 1 aliphatic rings. The number of nitrogens with one attached hydrogen (secondary N) is 1. The zero-order valence-electron chi connectivity index (χ0n) is 14.6. The van der Waals surface area contributed by atoms with Gasteiger partial charge in [0.1, 0.15) is 0 Å². The number of hydrogen-bond donors (Lipinski definition) is 2. The molecule has 7 nitrogen and oxygen atoms in total. The fraction of sp³-hybridized carbons (Fsp3) is 0.389. The molecule has 3 rings (SSSR count). The van der Waals surface area contributed by atoms with Crippen LogP contribution in [0.15, 0.2) is 30.5 Å². The Labute approximate surface area is 146 Å². The molecular formula is C18H22N4O3. The largest absolute Gasteiger partial charge is 0.386 e. The maximum atomic E-state index is 12.2. The summed E-state index contributed by atoms with van der Waals surface area (Å²) in [5, 5.41) is 13.1. The van der Waals surface area contributed by atoms with Gasteiger partial charge in [0.15, 0.2) is 11.6 Å². The molecule has 1 aromatic carbocycles. The third-order valence-electron chi connectivity index (χ3n) is 4.12. The number of carbonyl (C=O) groups is 1. The van der Waals surface area contributed by atoms with E-state index in [1.54, 1.807) is 32.1 Å². The van der Waals surface area contributed by atoms with Gasteiger partial charge in [-0.05, 0) is 19.4 Å². The molecule has 0 atom stereocenters. The summed E-state index contributed by atoms with van der Waals surface area (Å²) in [5.41, 5.74) is 1.46. The molecule has 2 heterocycles. The summed E-state index contributed by atoms with van der Waals surface area (Å²) in [7, 11) is 1.60. The van der Waals surface area contributed by atoms with Gasteiger partial charge in [0.05, 0.1) is 37.2 Å². The lowest BCUT2D eigenvalue weighted by molar-refractivity contribution is -0.117. The van der Waals surface area contributed by atoms with Gasteiger partial charge in [-0.1, -0.05) is 24.3 Å². The number of fused-ring (bicyclic) bond motifs is 1. The maximum Gasteiger partial charge on any atom is 0.247 e. The molecule has 25 heavy (non-hydrogen) atoms. The summed E-state index contributed by atoms with van der Waals surface area (Å²) < 4.78 is 5.08. The van der Waals surface area contributed by atoms with E-state index in [2.05, 4.69) is 15.3 Å². The second-order valence-electron chi connectivity index (χ2n) is 6.46. The van der Waals surface area contributed by atoms with Gasteiger partial charge in [-0.3, -0.25) is 9.69 Å². The number of nitrogens with zero attached hydrogens (tertiary/aromatic N) is 3. The van der Waals surface area contributed by atoms with Crippen LogP contribution in [0.25, 0.3) is 11.3 Å². The van der Waals surface area contributed by atoms with Crippen molar-refractivity contribution in [3.05, 3.63) is 36.0 Å². The van der Waals surface area contributed by atoms with Crippen LogP contribution in [-0.4, -0.2) is 47.8 Å². The zero-order chi connectivity index (χ0) is 18.0. The minimum Gasteiger partial charge on any atom is -0.386 e. The molecule has 2 N–H and O–H groups in total. The lowest BCUT2D eigenvalue weighted by Gasteiger charge is -2.28. The average Bonchev–Trinajstić information content (AvgIpc) is 2.60. The number of hydrogen-bond acceptors (Lipinski definition) is 6. The fourth-order valence-electron chi connectivity index (χ4n) is 2.67. The molecule has 1 aliphatic heterocycles. The SMILES string of the molecule is COCCN1C(=O)CNc2ncc(-c3ccc(C(C)(C)O)cc3)nc21. The van der Waals surface area contributed by atoms with Crippen LogP contribution in [0.4, 0.5) is 11.6 Å². The van der Waals surface area contributed by atoms with Crippen molar-refractivity contribution in [3.8, 4) is 11.3 Å². The predicted octanol–water partition coefficient (Wildman–Crippen LogP) is 1.78. The van der Waals surface area contributed by atoms with Crippen molar-refractivity contribution >= 4 is 17.5 Å². The van der Waals surface area contributed by atoms with E-state index in [0.29, 0.717) is 30.5 Å². The highest BCUT2D eigenvalue weighted by Gasteiger charge is 2.26. The van der Waals surface area contributed by atoms with Crippen LogP contribution >= 0.6 is 0 Å². The number of carbonyl (C=O) groups excluding carboxylic acids is 1. The Morgan fingerprint density at radius 3 is 2.68 bits per heavy atom. The summed E-state index contributed by atoms with van der Waals surface area (Å²) in [6.45, 7) is 4.54. The summed E-state index contributed by atoms with van der Waals surface area (Å²) in [4.78, 5) is 22.8. The van der Waals surface area contributed by atoms with Gasteiger partial charge < -0.3 is 15.2 Å². The lowest BCUT2D eigenvalue weighted by atomic mass is 9.97. The quantitative estimate of drug-likeness (QED) is 0.861. The average molecular weight is 342 g/mol. The van der Waals surface area contributed by atoms with Gasteiger partial charge in [-0.25, -0.2) is 9.97 Å². The van der Waals surface area contributed by atoms with Crippen molar-refractivity contribution in [3.63, 3.8) is 0 Å². The first-order chi connectivity index (χ1) is 11.9. The highest BCUT2D eigenvalue weighted by Crippen LogP contribution is 2.29.